The number of benzene rings is 1. The van der Waals surface area contributed by atoms with E-state index in [0.717, 1.165) is 22.9 Å². The summed E-state index contributed by atoms with van der Waals surface area (Å²) in [5, 5.41) is -0.409. The Morgan fingerprint density at radius 3 is 2.20 bits per heavy atom. The van der Waals surface area contributed by atoms with Crippen molar-refractivity contribution in [2.75, 3.05) is 19.7 Å². The van der Waals surface area contributed by atoms with E-state index in [1.807, 2.05) is 32.9 Å². The number of rotatable bonds is 5. The van der Waals surface area contributed by atoms with Gasteiger partial charge in [0.05, 0.1) is 11.5 Å². The summed E-state index contributed by atoms with van der Waals surface area (Å²) < 4.78 is 10.7. The lowest BCUT2D eigenvalue weighted by molar-refractivity contribution is 0.155. The molecule has 25 heavy (non-hydrogen) atoms. The van der Waals surface area contributed by atoms with Gasteiger partial charge in [-0.3, -0.25) is 0 Å². The van der Waals surface area contributed by atoms with Crippen LogP contribution in [0.25, 0.3) is 0 Å². The maximum Gasteiger partial charge on any atom is 0.415 e. The van der Waals surface area contributed by atoms with Crippen LogP contribution in [0.4, 0.5) is 9.59 Å². The zero-order chi connectivity index (χ0) is 19.2. The standard InChI is InChI=1S/C19H29NO4S/c1-8-20(9-2)17(21)24-16-13(4)11-14(19(5,6)7)12-15(16)25-18(22)23-10-3/h11-12H,8-10H2,1-7H3. The lowest BCUT2D eigenvalue weighted by atomic mass is 9.86. The molecular weight excluding hydrogens is 338 g/mol. The van der Waals surface area contributed by atoms with Crippen LogP contribution >= 0.6 is 11.8 Å². The molecule has 0 spiro atoms. The summed E-state index contributed by atoms with van der Waals surface area (Å²) in [7, 11) is 0. The van der Waals surface area contributed by atoms with Crippen molar-refractivity contribution in [3.63, 3.8) is 0 Å². The summed E-state index contributed by atoms with van der Waals surface area (Å²) in [6.45, 7) is 15.2. The van der Waals surface area contributed by atoms with Gasteiger partial charge in [-0.2, -0.15) is 0 Å². The number of amides is 1. The molecule has 0 fully saturated rings. The molecule has 1 aromatic carbocycles. The van der Waals surface area contributed by atoms with E-state index in [4.69, 9.17) is 9.47 Å². The summed E-state index contributed by atoms with van der Waals surface area (Å²) in [5.41, 5.74) is 1.80. The predicted molar refractivity (Wildman–Crippen MR) is 102 cm³/mol. The second kappa shape index (κ2) is 9.13. The number of carbonyl (C=O) groups is 2. The zero-order valence-electron chi connectivity index (χ0n) is 16.3. The average molecular weight is 368 g/mol. The van der Waals surface area contributed by atoms with Gasteiger partial charge in [0.1, 0.15) is 5.75 Å². The smallest absolute Gasteiger partial charge is 0.415 e. The van der Waals surface area contributed by atoms with E-state index in [1.54, 1.807) is 11.8 Å². The third-order valence-electron chi connectivity index (χ3n) is 3.77. The first-order valence-corrected chi connectivity index (χ1v) is 9.42. The van der Waals surface area contributed by atoms with Crippen molar-refractivity contribution in [2.45, 2.75) is 58.8 Å². The molecule has 5 nitrogen and oxygen atoms in total. The molecule has 0 unspecified atom stereocenters. The number of carbonyl (C=O) groups excluding carboxylic acids is 2. The highest BCUT2D eigenvalue weighted by Crippen LogP contribution is 2.38. The number of hydrogen-bond donors (Lipinski definition) is 0. The van der Waals surface area contributed by atoms with Crippen molar-refractivity contribution < 1.29 is 19.1 Å². The molecule has 1 aromatic rings. The van der Waals surface area contributed by atoms with Gasteiger partial charge in [-0.25, -0.2) is 9.59 Å². The topological polar surface area (TPSA) is 55.8 Å². The number of thioether (sulfide) groups is 1. The van der Waals surface area contributed by atoms with Gasteiger partial charge in [0.25, 0.3) is 0 Å². The second-order valence-corrected chi connectivity index (χ2v) is 7.67. The van der Waals surface area contributed by atoms with Gasteiger partial charge < -0.3 is 14.4 Å². The summed E-state index contributed by atoms with van der Waals surface area (Å²) >= 11 is 0.951. The van der Waals surface area contributed by atoms with Crippen molar-refractivity contribution in [2.24, 2.45) is 0 Å². The molecule has 0 atom stereocenters. The number of aryl methyl sites for hydroxylation is 1. The third kappa shape index (κ3) is 5.96. The molecule has 6 heteroatoms. The molecule has 0 aliphatic heterocycles. The molecule has 0 saturated carbocycles. The van der Waals surface area contributed by atoms with Crippen LogP contribution in [0.3, 0.4) is 0 Å². The first-order valence-electron chi connectivity index (χ1n) is 8.60. The first-order chi connectivity index (χ1) is 11.6. The highest BCUT2D eigenvalue weighted by Gasteiger charge is 2.23. The van der Waals surface area contributed by atoms with E-state index in [1.165, 1.54) is 0 Å². The molecule has 0 aromatic heterocycles. The van der Waals surface area contributed by atoms with Gasteiger partial charge >= 0.3 is 11.4 Å². The third-order valence-corrected chi connectivity index (χ3v) is 4.58. The Bertz CT molecular complexity index is 619. The van der Waals surface area contributed by atoms with Crippen molar-refractivity contribution >= 4 is 23.2 Å². The fourth-order valence-corrected chi connectivity index (χ4v) is 3.09. The Morgan fingerprint density at radius 1 is 1.12 bits per heavy atom. The van der Waals surface area contributed by atoms with Crippen LogP contribution in [0.2, 0.25) is 0 Å². The minimum absolute atomic E-state index is 0.0872. The number of ether oxygens (including phenoxy) is 2. The van der Waals surface area contributed by atoms with Crippen LogP contribution in [-0.4, -0.2) is 36.0 Å². The second-order valence-electron chi connectivity index (χ2n) is 6.70. The minimum atomic E-state index is -0.415. The largest absolute Gasteiger partial charge is 0.458 e. The highest BCUT2D eigenvalue weighted by molar-refractivity contribution is 8.13. The van der Waals surface area contributed by atoms with Gasteiger partial charge in [-0.05, 0) is 62.1 Å². The Kier molecular flexibility index (Phi) is 7.80. The summed E-state index contributed by atoms with van der Waals surface area (Å²) in [6.07, 6.45) is -0.415. The van der Waals surface area contributed by atoms with Gasteiger partial charge in [-0.1, -0.05) is 26.8 Å². The maximum atomic E-state index is 12.4. The van der Waals surface area contributed by atoms with Crippen molar-refractivity contribution in [3.05, 3.63) is 23.3 Å². The summed E-state index contributed by atoms with van der Waals surface area (Å²) in [6, 6.07) is 3.90. The van der Waals surface area contributed by atoms with Crippen LogP contribution in [0.1, 0.15) is 52.7 Å². The molecule has 140 valence electrons. The molecule has 0 radical (unpaired) electrons. The lowest BCUT2D eigenvalue weighted by Crippen LogP contribution is -2.33. The van der Waals surface area contributed by atoms with Crippen molar-refractivity contribution in [3.8, 4) is 5.75 Å². The van der Waals surface area contributed by atoms with Crippen molar-refractivity contribution in [1.29, 1.82) is 0 Å². The molecule has 1 amide bonds. The van der Waals surface area contributed by atoms with Crippen LogP contribution in [0, 0.1) is 6.92 Å². The molecule has 0 saturated heterocycles. The zero-order valence-corrected chi connectivity index (χ0v) is 17.1. The van der Waals surface area contributed by atoms with Gasteiger partial charge in [0.15, 0.2) is 0 Å². The summed E-state index contributed by atoms with van der Waals surface area (Å²) in [4.78, 5) is 26.5. The molecule has 0 aliphatic carbocycles. The Labute approximate surface area is 155 Å². The Hall–Kier alpha value is -1.69. The van der Waals surface area contributed by atoms with Gasteiger partial charge in [0, 0.05) is 13.1 Å². The van der Waals surface area contributed by atoms with Gasteiger partial charge in [-0.15, -0.1) is 0 Å². The highest BCUT2D eigenvalue weighted by atomic mass is 32.2. The van der Waals surface area contributed by atoms with E-state index in [9.17, 15) is 9.59 Å². The Balaban J connectivity index is 3.29. The maximum absolute atomic E-state index is 12.4. The lowest BCUT2D eigenvalue weighted by Gasteiger charge is -2.24. The van der Waals surface area contributed by atoms with Gasteiger partial charge in [0.2, 0.25) is 0 Å². The summed E-state index contributed by atoms with van der Waals surface area (Å²) in [5.74, 6) is 0.419. The number of hydrogen-bond acceptors (Lipinski definition) is 5. The van der Waals surface area contributed by atoms with E-state index in [-0.39, 0.29) is 5.41 Å². The molecule has 0 bridgehead atoms. The molecule has 0 N–H and O–H groups in total. The number of nitrogens with zero attached hydrogens (tertiary/aromatic N) is 1. The fraction of sp³-hybridized carbons (Fsp3) is 0.579. The first kappa shape index (κ1) is 21.4. The van der Waals surface area contributed by atoms with Crippen LogP contribution in [0.5, 0.6) is 5.75 Å². The van der Waals surface area contributed by atoms with E-state index in [2.05, 4.69) is 20.8 Å². The van der Waals surface area contributed by atoms with Crippen LogP contribution in [-0.2, 0) is 10.2 Å². The Morgan fingerprint density at radius 2 is 1.72 bits per heavy atom. The molecule has 0 aliphatic rings. The SMILES string of the molecule is CCOC(=O)Sc1cc(C(C)(C)C)cc(C)c1OC(=O)N(CC)CC. The quantitative estimate of drug-likeness (QED) is 0.516. The van der Waals surface area contributed by atoms with E-state index >= 15 is 0 Å². The van der Waals surface area contributed by atoms with Crippen LogP contribution < -0.4 is 4.74 Å². The molecular formula is C19H29NO4S. The normalized spacial score (nSPS) is 11.2. The van der Waals surface area contributed by atoms with E-state index in [0.29, 0.717) is 30.3 Å². The minimum Gasteiger partial charge on any atom is -0.458 e. The van der Waals surface area contributed by atoms with Crippen LogP contribution in [0.15, 0.2) is 17.0 Å². The van der Waals surface area contributed by atoms with E-state index < -0.39 is 11.4 Å². The fourth-order valence-electron chi connectivity index (χ4n) is 2.25. The van der Waals surface area contributed by atoms with Crippen molar-refractivity contribution in [1.82, 2.24) is 4.90 Å². The molecule has 1 rings (SSSR count). The monoisotopic (exact) mass is 367 g/mol. The molecule has 0 heterocycles. The predicted octanol–water partition coefficient (Wildman–Crippen LogP) is 5.38. The average Bonchev–Trinajstić information content (AvgIpc) is 2.50.